The van der Waals surface area contributed by atoms with Gasteiger partial charge in [0, 0.05) is 19.1 Å². The van der Waals surface area contributed by atoms with Gasteiger partial charge in [0.2, 0.25) is 0 Å². The van der Waals surface area contributed by atoms with Crippen LogP contribution in [0.4, 0.5) is 0 Å². The molecule has 1 rings (SSSR count). The molecule has 0 aromatic rings. The second-order valence-electron chi connectivity index (χ2n) is 4.10. The minimum Gasteiger partial charge on any atom is -0.366 e. The Morgan fingerprint density at radius 2 is 2.50 bits per heavy atom. The minimum atomic E-state index is -0.397. The van der Waals surface area contributed by atoms with Crippen molar-refractivity contribution in [3.05, 3.63) is 0 Å². The largest absolute Gasteiger partial charge is 0.366 e. The lowest BCUT2D eigenvalue weighted by Gasteiger charge is -2.30. The summed E-state index contributed by atoms with van der Waals surface area (Å²) < 4.78 is 5.40. The molecule has 0 bridgehead atoms. The molecule has 0 spiro atoms. The second kappa shape index (κ2) is 6.46. The average Bonchev–Trinajstić information content (AvgIpc) is 2.28. The Morgan fingerprint density at radius 3 is 3.06 bits per heavy atom. The summed E-state index contributed by atoms with van der Waals surface area (Å²) in [5.74, 6) is -0.103. The highest BCUT2D eigenvalue weighted by molar-refractivity contribution is 5.81. The predicted molar refractivity (Wildman–Crippen MR) is 59.7 cm³/mol. The molecule has 0 radical (unpaired) electrons. The number of morpholine rings is 1. The third-order valence-corrected chi connectivity index (χ3v) is 2.74. The standard InChI is InChI=1S/C11H19N3O2/c1-3-9(4-5-12)13-11(15)10-8-14(2)6-7-16-10/h9-10H,3-4,6-8H2,1-2H3,(H,13,15)/t9-,10+/m1/s1. The van der Waals surface area contributed by atoms with Gasteiger partial charge in [0.1, 0.15) is 6.10 Å². The van der Waals surface area contributed by atoms with E-state index in [2.05, 4.69) is 16.3 Å². The summed E-state index contributed by atoms with van der Waals surface area (Å²) in [5, 5.41) is 11.4. The van der Waals surface area contributed by atoms with E-state index in [1.807, 2.05) is 14.0 Å². The van der Waals surface area contributed by atoms with E-state index in [4.69, 9.17) is 10.00 Å². The van der Waals surface area contributed by atoms with E-state index in [0.29, 0.717) is 19.6 Å². The van der Waals surface area contributed by atoms with Crippen LogP contribution in [-0.4, -0.2) is 49.7 Å². The topological polar surface area (TPSA) is 65.4 Å². The van der Waals surface area contributed by atoms with Gasteiger partial charge >= 0.3 is 0 Å². The Balaban J connectivity index is 2.41. The van der Waals surface area contributed by atoms with Gasteiger partial charge in [-0.25, -0.2) is 0 Å². The second-order valence-corrected chi connectivity index (χ2v) is 4.10. The Hall–Kier alpha value is -1.12. The number of rotatable bonds is 4. The van der Waals surface area contributed by atoms with Crippen LogP contribution in [-0.2, 0) is 9.53 Å². The van der Waals surface area contributed by atoms with Crippen molar-refractivity contribution < 1.29 is 9.53 Å². The van der Waals surface area contributed by atoms with Gasteiger partial charge < -0.3 is 15.0 Å². The van der Waals surface area contributed by atoms with Crippen LogP contribution in [0.1, 0.15) is 19.8 Å². The molecule has 1 saturated heterocycles. The Bertz CT molecular complexity index is 275. The molecule has 1 fully saturated rings. The number of likely N-dealkylation sites (N-methyl/N-ethyl adjacent to an activating group) is 1. The van der Waals surface area contributed by atoms with Gasteiger partial charge in [-0.1, -0.05) is 6.92 Å². The molecule has 1 N–H and O–H groups in total. The molecule has 1 aliphatic rings. The van der Waals surface area contributed by atoms with Crippen LogP contribution in [0.15, 0.2) is 0 Å². The van der Waals surface area contributed by atoms with E-state index in [9.17, 15) is 4.79 Å². The van der Waals surface area contributed by atoms with Crippen molar-refractivity contribution in [2.24, 2.45) is 0 Å². The molecule has 0 saturated carbocycles. The summed E-state index contributed by atoms with van der Waals surface area (Å²) in [4.78, 5) is 13.9. The number of nitrogens with one attached hydrogen (secondary N) is 1. The molecule has 16 heavy (non-hydrogen) atoms. The Kier molecular flexibility index (Phi) is 5.23. The highest BCUT2D eigenvalue weighted by atomic mass is 16.5. The van der Waals surface area contributed by atoms with Crippen LogP contribution in [0.25, 0.3) is 0 Å². The highest BCUT2D eigenvalue weighted by Crippen LogP contribution is 2.05. The van der Waals surface area contributed by atoms with Crippen LogP contribution < -0.4 is 5.32 Å². The van der Waals surface area contributed by atoms with E-state index >= 15 is 0 Å². The summed E-state index contributed by atoms with van der Waals surface area (Å²) in [6.45, 7) is 4.02. The van der Waals surface area contributed by atoms with Crippen LogP contribution in [0.2, 0.25) is 0 Å². The Morgan fingerprint density at radius 1 is 1.75 bits per heavy atom. The van der Waals surface area contributed by atoms with E-state index < -0.39 is 6.10 Å². The first-order valence-corrected chi connectivity index (χ1v) is 5.64. The first kappa shape index (κ1) is 12.9. The quantitative estimate of drug-likeness (QED) is 0.738. The molecular formula is C11H19N3O2. The lowest BCUT2D eigenvalue weighted by molar-refractivity contribution is -0.138. The van der Waals surface area contributed by atoms with Crippen LogP contribution >= 0.6 is 0 Å². The summed E-state index contributed by atoms with van der Waals surface area (Å²) >= 11 is 0. The van der Waals surface area contributed by atoms with Crippen molar-refractivity contribution in [1.82, 2.24) is 10.2 Å². The number of hydrogen-bond donors (Lipinski definition) is 1. The molecule has 0 aromatic carbocycles. The number of nitrogens with zero attached hydrogens (tertiary/aromatic N) is 2. The normalized spacial score (nSPS) is 23.4. The number of hydrogen-bond acceptors (Lipinski definition) is 4. The maximum atomic E-state index is 11.8. The van der Waals surface area contributed by atoms with E-state index in [1.54, 1.807) is 0 Å². The first-order valence-electron chi connectivity index (χ1n) is 5.64. The van der Waals surface area contributed by atoms with E-state index in [1.165, 1.54) is 0 Å². The van der Waals surface area contributed by atoms with Crippen LogP contribution in [0, 0.1) is 11.3 Å². The van der Waals surface area contributed by atoms with E-state index in [0.717, 1.165) is 13.0 Å². The molecule has 0 unspecified atom stereocenters. The summed E-state index contributed by atoms with van der Waals surface area (Å²) in [6.07, 6.45) is 0.721. The zero-order valence-corrected chi connectivity index (χ0v) is 9.90. The molecular weight excluding hydrogens is 206 g/mol. The fourth-order valence-corrected chi connectivity index (χ4v) is 1.64. The smallest absolute Gasteiger partial charge is 0.250 e. The zero-order chi connectivity index (χ0) is 12.0. The number of carbonyl (C=O) groups excluding carboxylic acids is 1. The third kappa shape index (κ3) is 3.80. The number of nitriles is 1. The maximum Gasteiger partial charge on any atom is 0.250 e. The molecule has 1 amide bonds. The van der Waals surface area contributed by atoms with Crippen molar-refractivity contribution in [2.45, 2.75) is 31.9 Å². The molecule has 2 atom stereocenters. The molecule has 0 aromatic heterocycles. The van der Waals surface area contributed by atoms with Crippen molar-refractivity contribution in [3.63, 3.8) is 0 Å². The van der Waals surface area contributed by atoms with E-state index in [-0.39, 0.29) is 11.9 Å². The van der Waals surface area contributed by atoms with Crippen molar-refractivity contribution in [3.8, 4) is 6.07 Å². The van der Waals surface area contributed by atoms with Gasteiger partial charge in [0.25, 0.3) is 5.91 Å². The van der Waals surface area contributed by atoms with Crippen molar-refractivity contribution in [1.29, 1.82) is 5.26 Å². The molecule has 1 aliphatic heterocycles. The van der Waals surface area contributed by atoms with Crippen LogP contribution in [0.3, 0.4) is 0 Å². The number of carbonyl (C=O) groups is 1. The lowest BCUT2D eigenvalue weighted by atomic mass is 10.1. The first-order chi connectivity index (χ1) is 7.67. The van der Waals surface area contributed by atoms with Gasteiger partial charge in [0.15, 0.2) is 0 Å². The summed E-state index contributed by atoms with van der Waals surface area (Å²) in [6, 6.07) is 2.01. The minimum absolute atomic E-state index is 0.0617. The predicted octanol–water partition coefficient (Wildman–Crippen LogP) is 0.125. The molecule has 90 valence electrons. The van der Waals surface area contributed by atoms with Gasteiger partial charge in [-0.05, 0) is 13.5 Å². The fraction of sp³-hybridized carbons (Fsp3) is 0.818. The fourth-order valence-electron chi connectivity index (χ4n) is 1.64. The maximum absolute atomic E-state index is 11.8. The van der Waals surface area contributed by atoms with Gasteiger partial charge in [-0.15, -0.1) is 0 Å². The lowest BCUT2D eigenvalue weighted by Crippen LogP contribution is -2.50. The number of amides is 1. The van der Waals surface area contributed by atoms with Gasteiger partial charge in [-0.2, -0.15) is 5.26 Å². The van der Waals surface area contributed by atoms with Crippen LogP contribution in [0.5, 0.6) is 0 Å². The highest BCUT2D eigenvalue weighted by Gasteiger charge is 2.25. The summed E-state index contributed by atoms with van der Waals surface area (Å²) in [7, 11) is 1.97. The number of ether oxygens (including phenoxy) is 1. The van der Waals surface area contributed by atoms with Gasteiger partial charge in [-0.3, -0.25) is 4.79 Å². The SMILES string of the molecule is CC[C@H](CC#N)NC(=O)[C@@H]1CN(C)CCO1. The molecule has 0 aliphatic carbocycles. The summed E-state index contributed by atoms with van der Waals surface area (Å²) in [5.41, 5.74) is 0. The van der Waals surface area contributed by atoms with Crippen molar-refractivity contribution >= 4 is 5.91 Å². The monoisotopic (exact) mass is 225 g/mol. The molecule has 5 heteroatoms. The molecule has 1 heterocycles. The Labute approximate surface area is 96.4 Å². The van der Waals surface area contributed by atoms with Gasteiger partial charge in [0.05, 0.1) is 19.1 Å². The van der Waals surface area contributed by atoms with Crippen molar-refractivity contribution in [2.75, 3.05) is 26.7 Å². The zero-order valence-electron chi connectivity index (χ0n) is 9.90. The third-order valence-electron chi connectivity index (χ3n) is 2.74. The average molecular weight is 225 g/mol. The molecule has 5 nitrogen and oxygen atoms in total.